The molecule has 0 aliphatic heterocycles. The molecule has 0 bridgehead atoms. The fourth-order valence-corrected chi connectivity index (χ4v) is 3.80. The summed E-state index contributed by atoms with van der Waals surface area (Å²) in [5.74, 6) is -0.217. The third-order valence-electron chi connectivity index (χ3n) is 4.64. The number of benzene rings is 2. The molecule has 1 aromatic heterocycles. The number of pyridine rings is 1. The first-order valence-corrected chi connectivity index (χ1v) is 11.2. The minimum absolute atomic E-state index is 0.0812. The van der Waals surface area contributed by atoms with Crippen LogP contribution in [0.3, 0.4) is 0 Å². The van der Waals surface area contributed by atoms with E-state index in [0.29, 0.717) is 18.1 Å². The molecule has 1 N–H and O–H groups in total. The summed E-state index contributed by atoms with van der Waals surface area (Å²) in [6.45, 7) is 0.133. The van der Waals surface area contributed by atoms with Crippen molar-refractivity contribution in [2.75, 3.05) is 6.61 Å². The van der Waals surface area contributed by atoms with Crippen LogP contribution in [0.25, 0.3) is 0 Å². The van der Waals surface area contributed by atoms with Gasteiger partial charge in [0.15, 0.2) is 12.4 Å². The van der Waals surface area contributed by atoms with E-state index in [4.69, 9.17) is 9.47 Å². The minimum Gasteiger partial charge on any atom is -0.489 e. The van der Waals surface area contributed by atoms with Crippen molar-refractivity contribution >= 4 is 29.2 Å². The van der Waals surface area contributed by atoms with Gasteiger partial charge in [0.25, 0.3) is 5.91 Å². The average Bonchev–Trinajstić information content (AvgIpc) is 2.86. The number of carbonyl (C=O) groups excluding carboxylic acids is 3. The van der Waals surface area contributed by atoms with Crippen LogP contribution in [-0.2, 0) is 21.0 Å². The topological polar surface area (TPSA) is 94.6 Å². The lowest BCUT2D eigenvalue weighted by Gasteiger charge is -2.13. The Bertz CT molecular complexity index is 1240. The highest BCUT2D eigenvalue weighted by Crippen LogP contribution is 2.29. The van der Waals surface area contributed by atoms with Crippen LogP contribution < -0.4 is 14.8 Å². The summed E-state index contributed by atoms with van der Waals surface area (Å²) in [7, 11) is 0. The summed E-state index contributed by atoms with van der Waals surface area (Å²) in [5.41, 5.74) is 0.977. The van der Waals surface area contributed by atoms with Crippen molar-refractivity contribution in [3.05, 3.63) is 107 Å². The van der Waals surface area contributed by atoms with Gasteiger partial charge in [0.1, 0.15) is 18.1 Å². The Morgan fingerprint density at radius 1 is 0.824 bits per heavy atom. The maximum atomic E-state index is 12.4. The second-order valence-corrected chi connectivity index (χ2v) is 8.28. The van der Waals surface area contributed by atoms with Gasteiger partial charge in [0.05, 0.1) is 10.6 Å². The first kappa shape index (κ1) is 23.0. The summed E-state index contributed by atoms with van der Waals surface area (Å²) in [4.78, 5) is 41.9. The van der Waals surface area contributed by atoms with Crippen molar-refractivity contribution in [3.8, 4) is 11.5 Å². The van der Waals surface area contributed by atoms with Crippen molar-refractivity contribution in [3.63, 3.8) is 0 Å². The Balaban J connectivity index is 1.25. The van der Waals surface area contributed by atoms with Crippen LogP contribution >= 0.6 is 11.8 Å². The van der Waals surface area contributed by atoms with E-state index in [2.05, 4.69) is 10.3 Å². The molecule has 2 aromatic carbocycles. The molecule has 0 fully saturated rings. The highest BCUT2D eigenvalue weighted by atomic mass is 32.2. The highest BCUT2D eigenvalue weighted by Gasteiger charge is 2.22. The molecule has 1 amide bonds. The Morgan fingerprint density at radius 3 is 2.21 bits per heavy atom. The largest absolute Gasteiger partial charge is 0.489 e. The van der Waals surface area contributed by atoms with Crippen molar-refractivity contribution < 1.29 is 23.9 Å². The van der Waals surface area contributed by atoms with Crippen LogP contribution in [0.5, 0.6) is 11.5 Å². The van der Waals surface area contributed by atoms with Gasteiger partial charge in [-0.3, -0.25) is 19.4 Å². The third kappa shape index (κ3) is 6.43. The predicted molar refractivity (Wildman–Crippen MR) is 127 cm³/mol. The third-order valence-corrected chi connectivity index (χ3v) is 5.69. The second kappa shape index (κ2) is 11.1. The van der Waals surface area contributed by atoms with Crippen LogP contribution in [0, 0.1) is 0 Å². The minimum atomic E-state index is -0.546. The van der Waals surface area contributed by atoms with Crippen molar-refractivity contribution in [2.45, 2.75) is 11.5 Å². The number of hydrogen-bond donors (Lipinski definition) is 1. The molecule has 8 heteroatoms. The number of ether oxygens (including phenoxy) is 2. The zero-order valence-electron chi connectivity index (χ0n) is 18.0. The maximum Gasteiger partial charge on any atom is 0.262 e. The molecule has 0 radical (unpaired) electrons. The zero-order chi connectivity index (χ0) is 23.8. The van der Waals surface area contributed by atoms with E-state index >= 15 is 0 Å². The molecule has 1 heterocycles. The summed E-state index contributed by atoms with van der Waals surface area (Å²) in [6.07, 6.45) is 5.55. The number of nitrogens with zero attached hydrogens (tertiary/aromatic N) is 1. The number of nitrogens with one attached hydrogen (secondary N) is 1. The molecule has 0 saturated heterocycles. The molecule has 0 unspecified atom stereocenters. The van der Waals surface area contributed by atoms with E-state index in [9.17, 15) is 14.4 Å². The average molecular weight is 473 g/mol. The van der Waals surface area contributed by atoms with Gasteiger partial charge in [-0.05, 0) is 42.0 Å². The van der Waals surface area contributed by atoms with Gasteiger partial charge >= 0.3 is 0 Å². The van der Waals surface area contributed by atoms with E-state index in [1.807, 2.05) is 30.3 Å². The van der Waals surface area contributed by atoms with E-state index in [0.717, 1.165) is 16.5 Å². The molecule has 3 aromatic rings. The van der Waals surface area contributed by atoms with Gasteiger partial charge in [0.2, 0.25) is 5.78 Å². The van der Waals surface area contributed by atoms with Gasteiger partial charge in [-0.2, -0.15) is 0 Å². The monoisotopic (exact) mass is 472 g/mol. The van der Waals surface area contributed by atoms with Gasteiger partial charge < -0.3 is 14.8 Å². The van der Waals surface area contributed by atoms with Gasteiger partial charge in [-0.1, -0.05) is 42.1 Å². The molecule has 34 heavy (non-hydrogen) atoms. The van der Waals surface area contributed by atoms with Crippen LogP contribution in [-0.4, -0.2) is 29.1 Å². The van der Waals surface area contributed by atoms with Crippen LogP contribution in [0.15, 0.2) is 107 Å². The van der Waals surface area contributed by atoms with Gasteiger partial charge in [-0.25, -0.2) is 0 Å². The molecular weight excluding hydrogens is 452 g/mol. The first-order chi connectivity index (χ1) is 16.6. The van der Waals surface area contributed by atoms with E-state index < -0.39 is 11.7 Å². The summed E-state index contributed by atoms with van der Waals surface area (Å²) in [6, 6.07) is 20.1. The Morgan fingerprint density at radius 2 is 1.50 bits per heavy atom. The molecule has 1 aliphatic carbocycles. The molecule has 7 nitrogen and oxygen atoms in total. The number of amides is 1. The lowest BCUT2D eigenvalue weighted by Crippen LogP contribution is -2.33. The number of aromatic nitrogens is 1. The quantitative estimate of drug-likeness (QED) is 0.473. The van der Waals surface area contributed by atoms with E-state index in [1.165, 1.54) is 17.8 Å². The molecular formula is C26H20N2O5S. The zero-order valence-corrected chi connectivity index (χ0v) is 18.8. The van der Waals surface area contributed by atoms with E-state index in [1.54, 1.807) is 48.8 Å². The molecule has 4 rings (SSSR count). The molecule has 1 aliphatic rings. The Hall–Kier alpha value is -4.17. The van der Waals surface area contributed by atoms with E-state index in [-0.39, 0.29) is 23.0 Å². The van der Waals surface area contributed by atoms with Gasteiger partial charge in [0, 0.05) is 29.4 Å². The number of rotatable bonds is 9. The number of carbonyl (C=O) groups is 3. The second-order valence-electron chi connectivity index (χ2n) is 7.16. The smallest absolute Gasteiger partial charge is 0.262 e. The SMILES string of the molecule is O=C(COc1ccc(OCc2ccccc2)cc1)NC1=CC(=O)C(Sc2ccncc2)=CC1=O. The van der Waals surface area contributed by atoms with Crippen LogP contribution in [0.1, 0.15) is 5.56 Å². The molecule has 0 spiro atoms. The Labute approximate surface area is 200 Å². The maximum absolute atomic E-state index is 12.4. The fraction of sp³-hybridized carbons (Fsp3) is 0.0769. The number of ketones is 2. The predicted octanol–water partition coefficient (Wildman–Crippen LogP) is 3.87. The number of thioether (sulfide) groups is 1. The lowest BCUT2D eigenvalue weighted by atomic mass is 10.1. The highest BCUT2D eigenvalue weighted by molar-refractivity contribution is 8.04. The standard InChI is InChI=1S/C26H20N2O5S/c29-23-15-25(34-21-10-12-27-13-11-21)24(30)14-22(23)28-26(31)17-33-20-8-6-19(7-9-20)32-16-18-4-2-1-3-5-18/h1-15H,16-17H2,(H,28,31). The summed E-state index contributed by atoms with van der Waals surface area (Å²) in [5, 5.41) is 2.44. The fourth-order valence-electron chi connectivity index (χ4n) is 2.96. The van der Waals surface area contributed by atoms with Crippen molar-refractivity contribution in [2.24, 2.45) is 0 Å². The summed E-state index contributed by atoms with van der Waals surface area (Å²) < 4.78 is 11.2. The molecule has 170 valence electrons. The first-order valence-electron chi connectivity index (χ1n) is 10.4. The van der Waals surface area contributed by atoms with Crippen LogP contribution in [0.4, 0.5) is 0 Å². The van der Waals surface area contributed by atoms with Gasteiger partial charge in [-0.15, -0.1) is 0 Å². The Kier molecular flexibility index (Phi) is 7.52. The summed E-state index contributed by atoms with van der Waals surface area (Å²) >= 11 is 1.17. The molecule has 0 atom stereocenters. The van der Waals surface area contributed by atoms with Crippen molar-refractivity contribution in [1.82, 2.24) is 10.3 Å². The number of allylic oxidation sites excluding steroid dienone is 3. The number of hydrogen-bond acceptors (Lipinski definition) is 7. The molecule has 0 saturated carbocycles. The normalized spacial score (nSPS) is 13.1. The van der Waals surface area contributed by atoms with Crippen LogP contribution in [0.2, 0.25) is 0 Å². The lowest BCUT2D eigenvalue weighted by molar-refractivity contribution is -0.124. The van der Waals surface area contributed by atoms with Crippen molar-refractivity contribution in [1.29, 1.82) is 0 Å².